The van der Waals surface area contributed by atoms with E-state index in [1.165, 1.54) is 17.0 Å². The van der Waals surface area contributed by atoms with Crippen LogP contribution in [0.3, 0.4) is 0 Å². The van der Waals surface area contributed by atoms with Gasteiger partial charge in [-0.3, -0.25) is 9.48 Å². The molecule has 3 rings (SSSR count). The average Bonchev–Trinajstić information content (AvgIpc) is 3.32. The van der Waals surface area contributed by atoms with Crippen LogP contribution in [0.4, 0.5) is 22.0 Å². The van der Waals surface area contributed by atoms with Gasteiger partial charge in [0, 0.05) is 31.9 Å². The zero-order valence-electron chi connectivity index (χ0n) is 16.1. The van der Waals surface area contributed by atoms with Gasteiger partial charge in [-0.05, 0) is 19.1 Å². The van der Waals surface area contributed by atoms with E-state index in [4.69, 9.17) is 9.15 Å². The normalized spacial score (nSPS) is 11.1. The summed E-state index contributed by atoms with van der Waals surface area (Å²) < 4.78 is 78.4. The van der Waals surface area contributed by atoms with Gasteiger partial charge in [0.05, 0.1) is 6.20 Å². The fraction of sp³-hybridized carbons (Fsp3) is 0.263. The monoisotopic (exact) mass is 429 g/mol. The molecule has 30 heavy (non-hydrogen) atoms. The summed E-state index contributed by atoms with van der Waals surface area (Å²) in [5.74, 6) is -12.8. The van der Waals surface area contributed by atoms with E-state index in [1.807, 2.05) is 6.92 Å². The van der Waals surface area contributed by atoms with Gasteiger partial charge in [0.25, 0.3) is 5.91 Å². The number of rotatable bonds is 6. The van der Waals surface area contributed by atoms with Crippen molar-refractivity contribution in [3.63, 3.8) is 0 Å². The molecule has 2 heterocycles. The van der Waals surface area contributed by atoms with E-state index in [0.717, 1.165) is 11.3 Å². The topological polar surface area (TPSA) is 60.5 Å². The summed E-state index contributed by atoms with van der Waals surface area (Å²) in [5.41, 5.74) is 1.71. The molecule has 0 N–H and O–H groups in total. The number of halogens is 5. The molecule has 11 heteroatoms. The minimum Gasteiger partial charge on any atom is -0.479 e. The molecule has 0 aliphatic carbocycles. The highest BCUT2D eigenvalue weighted by molar-refractivity contribution is 5.91. The van der Waals surface area contributed by atoms with Crippen molar-refractivity contribution in [1.29, 1.82) is 0 Å². The van der Waals surface area contributed by atoms with Crippen molar-refractivity contribution in [2.75, 3.05) is 7.05 Å². The van der Waals surface area contributed by atoms with Crippen molar-refractivity contribution in [3.05, 3.63) is 70.2 Å². The van der Waals surface area contributed by atoms with Crippen LogP contribution in [0, 0.1) is 36.0 Å². The van der Waals surface area contributed by atoms with Crippen molar-refractivity contribution in [1.82, 2.24) is 14.7 Å². The zero-order valence-corrected chi connectivity index (χ0v) is 16.1. The number of nitrogens with zero attached hydrogens (tertiary/aromatic N) is 3. The summed E-state index contributed by atoms with van der Waals surface area (Å²) in [6.45, 7) is 1.45. The lowest BCUT2D eigenvalue weighted by Gasteiger charge is -2.15. The highest BCUT2D eigenvalue weighted by Crippen LogP contribution is 2.30. The second kappa shape index (κ2) is 8.17. The van der Waals surface area contributed by atoms with E-state index >= 15 is 0 Å². The van der Waals surface area contributed by atoms with Crippen molar-refractivity contribution in [3.8, 4) is 5.75 Å². The molecule has 3 aromatic rings. The molecule has 2 aromatic heterocycles. The summed E-state index contributed by atoms with van der Waals surface area (Å²) >= 11 is 0. The van der Waals surface area contributed by atoms with E-state index in [0.29, 0.717) is 0 Å². The van der Waals surface area contributed by atoms with Crippen LogP contribution in [0.1, 0.15) is 27.6 Å². The molecule has 160 valence electrons. The first-order valence-electron chi connectivity index (χ1n) is 8.57. The summed E-state index contributed by atoms with van der Waals surface area (Å²) in [4.78, 5) is 13.9. The summed E-state index contributed by atoms with van der Waals surface area (Å²) in [6, 6.07) is 2.61. The second-order valence-electron chi connectivity index (χ2n) is 6.49. The van der Waals surface area contributed by atoms with Gasteiger partial charge in [0.2, 0.25) is 29.1 Å². The minimum atomic E-state index is -2.28. The smallest absolute Gasteiger partial charge is 0.289 e. The van der Waals surface area contributed by atoms with Gasteiger partial charge in [-0.15, -0.1) is 0 Å². The zero-order chi connectivity index (χ0) is 22.2. The highest BCUT2D eigenvalue weighted by Gasteiger charge is 2.27. The van der Waals surface area contributed by atoms with Crippen LogP contribution >= 0.6 is 0 Å². The molecule has 0 spiro atoms. The van der Waals surface area contributed by atoms with Gasteiger partial charge >= 0.3 is 0 Å². The molecule has 0 aliphatic rings. The number of carbonyl (C=O) groups is 1. The van der Waals surface area contributed by atoms with E-state index in [1.54, 1.807) is 25.0 Å². The Kier molecular flexibility index (Phi) is 5.81. The van der Waals surface area contributed by atoms with E-state index in [9.17, 15) is 26.7 Å². The Bertz CT molecular complexity index is 1080. The Morgan fingerprint density at radius 1 is 1.10 bits per heavy atom. The maximum absolute atomic E-state index is 13.6. The molecule has 6 nitrogen and oxygen atoms in total. The number of amides is 1. The first-order chi connectivity index (χ1) is 14.1. The number of aromatic nitrogens is 2. The standard InChI is InChI=1S/C19H16F5N3O3/c1-9-10(6-25-27(9)3)7-26(2)19(28)12-5-4-11(30-12)8-29-18-16(23)14(21)13(20)15(22)17(18)24/h4-6H,7-8H2,1-3H3. The summed E-state index contributed by atoms with van der Waals surface area (Å²) in [5, 5.41) is 4.09. The molecular weight excluding hydrogens is 413 g/mol. The molecule has 0 fully saturated rings. The average molecular weight is 429 g/mol. The number of ether oxygens (including phenoxy) is 1. The molecule has 0 unspecified atom stereocenters. The van der Waals surface area contributed by atoms with Crippen molar-refractivity contribution in [2.24, 2.45) is 7.05 Å². The van der Waals surface area contributed by atoms with Crippen LogP contribution in [-0.4, -0.2) is 27.6 Å². The summed E-state index contributed by atoms with van der Waals surface area (Å²) in [7, 11) is 3.31. The maximum atomic E-state index is 13.6. The molecular formula is C19H16F5N3O3. The quantitative estimate of drug-likeness (QED) is 0.339. The predicted molar refractivity (Wildman–Crippen MR) is 93.0 cm³/mol. The number of aryl methyl sites for hydroxylation is 1. The molecule has 0 bridgehead atoms. The van der Waals surface area contributed by atoms with Crippen LogP contribution < -0.4 is 4.74 Å². The lowest BCUT2D eigenvalue weighted by atomic mass is 10.2. The molecule has 0 radical (unpaired) electrons. The summed E-state index contributed by atoms with van der Waals surface area (Å²) in [6.07, 6.45) is 1.63. The fourth-order valence-electron chi connectivity index (χ4n) is 2.64. The fourth-order valence-corrected chi connectivity index (χ4v) is 2.64. The van der Waals surface area contributed by atoms with Gasteiger partial charge in [0.1, 0.15) is 12.4 Å². The molecule has 1 amide bonds. The van der Waals surface area contributed by atoms with E-state index in [2.05, 4.69) is 5.10 Å². The first-order valence-corrected chi connectivity index (χ1v) is 8.57. The van der Waals surface area contributed by atoms with Crippen molar-refractivity contribution >= 4 is 5.91 Å². The van der Waals surface area contributed by atoms with Crippen LogP contribution in [0.5, 0.6) is 5.75 Å². The highest BCUT2D eigenvalue weighted by atomic mass is 19.2. The van der Waals surface area contributed by atoms with Crippen molar-refractivity contribution in [2.45, 2.75) is 20.1 Å². The Morgan fingerprint density at radius 2 is 1.70 bits per heavy atom. The van der Waals surface area contributed by atoms with Gasteiger partial charge in [-0.1, -0.05) is 0 Å². The number of carbonyl (C=O) groups excluding carboxylic acids is 1. The van der Waals surface area contributed by atoms with Gasteiger partial charge in [-0.2, -0.15) is 13.9 Å². The van der Waals surface area contributed by atoms with Gasteiger partial charge in [0.15, 0.2) is 11.5 Å². The number of hydrogen-bond acceptors (Lipinski definition) is 4. The maximum Gasteiger partial charge on any atom is 0.289 e. The molecule has 1 aromatic carbocycles. The third kappa shape index (κ3) is 3.87. The third-order valence-corrected chi connectivity index (χ3v) is 4.49. The Balaban J connectivity index is 1.70. The van der Waals surface area contributed by atoms with E-state index < -0.39 is 47.3 Å². The lowest BCUT2D eigenvalue weighted by molar-refractivity contribution is 0.0748. The molecule has 0 saturated heterocycles. The van der Waals surface area contributed by atoms with Gasteiger partial charge in [-0.25, -0.2) is 13.2 Å². The van der Waals surface area contributed by atoms with Crippen molar-refractivity contribution < 1.29 is 35.9 Å². The first kappa shape index (κ1) is 21.3. The second-order valence-corrected chi connectivity index (χ2v) is 6.49. The predicted octanol–water partition coefficient (Wildman–Crippen LogP) is 3.87. The Morgan fingerprint density at radius 3 is 2.27 bits per heavy atom. The molecule has 0 aliphatic heterocycles. The van der Waals surface area contributed by atoms with Crippen LogP contribution in [0.15, 0.2) is 22.7 Å². The lowest BCUT2D eigenvalue weighted by Crippen LogP contribution is -2.26. The molecule has 0 atom stereocenters. The Labute approximate surface area is 167 Å². The third-order valence-electron chi connectivity index (χ3n) is 4.49. The van der Waals surface area contributed by atoms with Crippen LogP contribution in [-0.2, 0) is 20.2 Å². The minimum absolute atomic E-state index is 0.0479. The number of hydrogen-bond donors (Lipinski definition) is 0. The van der Waals surface area contributed by atoms with Crippen LogP contribution in [0.2, 0.25) is 0 Å². The Hall–Kier alpha value is -3.37. The van der Waals surface area contributed by atoms with Gasteiger partial charge < -0.3 is 14.1 Å². The SMILES string of the molecule is Cc1c(CN(C)C(=O)c2ccc(COc3c(F)c(F)c(F)c(F)c3F)o2)cnn1C. The number of furan rings is 1. The number of benzene rings is 1. The largest absolute Gasteiger partial charge is 0.479 e. The van der Waals surface area contributed by atoms with E-state index in [-0.39, 0.29) is 18.1 Å². The van der Waals surface area contributed by atoms with Crippen LogP contribution in [0.25, 0.3) is 0 Å². The molecule has 0 saturated carbocycles.